The molecule has 2 heterocycles. The molecule has 0 saturated heterocycles. The van der Waals surface area contributed by atoms with Crippen molar-refractivity contribution in [2.24, 2.45) is 32.3 Å². The topological polar surface area (TPSA) is 161 Å². The van der Waals surface area contributed by atoms with Crippen LogP contribution in [0.25, 0.3) is 11.1 Å². The van der Waals surface area contributed by atoms with Gasteiger partial charge >= 0.3 is 7.12 Å². The van der Waals surface area contributed by atoms with Crippen molar-refractivity contribution >= 4 is 40.4 Å². The van der Waals surface area contributed by atoms with Crippen LogP contribution < -0.4 is 16.9 Å². The third-order valence-corrected chi connectivity index (χ3v) is 14.8. The van der Waals surface area contributed by atoms with Crippen LogP contribution in [0.2, 0.25) is 0 Å². The number of ether oxygens (including phenoxy) is 2. The van der Waals surface area contributed by atoms with E-state index in [2.05, 4.69) is 83.5 Å². The molecular weight excluding hydrogens is 847 g/mol. The highest BCUT2D eigenvalue weighted by Crippen LogP contribution is 2.63. The number of nitrogens with zero attached hydrogens (tertiary/aromatic N) is 4. The van der Waals surface area contributed by atoms with E-state index >= 15 is 0 Å². The smallest absolute Gasteiger partial charge is 0.423 e. The van der Waals surface area contributed by atoms with Gasteiger partial charge in [-0.15, -0.1) is 0 Å². The van der Waals surface area contributed by atoms with Gasteiger partial charge in [0.15, 0.2) is 0 Å². The lowest BCUT2D eigenvalue weighted by Gasteiger charge is -2.45. The molecule has 4 spiro atoms. The number of methoxy groups -OCH3 is 2. The van der Waals surface area contributed by atoms with Crippen LogP contribution in [0.15, 0.2) is 99.4 Å². The monoisotopic (exact) mass is 906 g/mol. The second-order valence-corrected chi connectivity index (χ2v) is 18.9. The summed E-state index contributed by atoms with van der Waals surface area (Å²) in [6.07, 6.45) is 10.8. The van der Waals surface area contributed by atoms with E-state index in [0.717, 1.165) is 79.8 Å². The highest BCUT2D eigenvalue weighted by Gasteiger charge is 2.64. The molecule has 6 aliphatic rings. The van der Waals surface area contributed by atoms with Gasteiger partial charge in [-0.05, 0) is 124 Å². The van der Waals surface area contributed by atoms with Gasteiger partial charge in [-0.2, -0.15) is 0 Å². The third-order valence-electron chi connectivity index (χ3n) is 14.3. The predicted octanol–water partition coefficient (Wildman–Crippen LogP) is 6.74. The fraction of sp³-hybridized carbons (Fsp3) is 0.458. The summed E-state index contributed by atoms with van der Waals surface area (Å²) in [6.45, 7) is 4.04. The molecule has 0 amide bonds. The zero-order valence-corrected chi connectivity index (χ0v) is 38.3. The first-order valence-electron chi connectivity index (χ1n) is 21.7. The first kappa shape index (κ1) is 44.3. The zero-order chi connectivity index (χ0) is 44.0. The standard InChI is InChI=1S/C24H29N3O2.C17H22BrN3O2.C7H9BO2/c1-16-5-4-6-17(13-16)18-7-8-19-15-23(11-9-20(28-3)10-12-23)24(21(19)14-18)26-22(25)27(2)29-24;1-21-15(19)20-17(23-21)14-9-12(18)4-3-11(14)10-16(17)7-5-13(22-2)6-8-16;1-6-3-2-4-7(5-6)8(9)10/h4-8,13-14,20H,9-12,15H2,1-3H3,(H2,25,26);3-4,9,13H,5-8,10H2,1-2H3,(H2,19,20);2-5,9-10H,1H3. The molecule has 0 bridgehead atoms. The van der Waals surface area contributed by atoms with Crippen molar-refractivity contribution in [1.29, 1.82) is 0 Å². The van der Waals surface area contributed by atoms with E-state index < -0.39 is 18.6 Å². The molecule has 4 aromatic rings. The third kappa shape index (κ3) is 7.86. The van der Waals surface area contributed by atoms with Crippen molar-refractivity contribution in [3.8, 4) is 11.1 Å². The van der Waals surface area contributed by atoms with Crippen LogP contribution in [0.3, 0.4) is 0 Å². The van der Waals surface area contributed by atoms with E-state index in [1.807, 2.05) is 34.2 Å². The normalized spacial score (nSPS) is 29.2. The van der Waals surface area contributed by atoms with Crippen LogP contribution in [-0.4, -0.2) is 79.7 Å². The van der Waals surface area contributed by atoms with Gasteiger partial charge in [0.1, 0.15) is 0 Å². The van der Waals surface area contributed by atoms with E-state index in [0.29, 0.717) is 29.6 Å². The summed E-state index contributed by atoms with van der Waals surface area (Å²) in [5.74, 6) is 0.901. The lowest BCUT2D eigenvalue weighted by molar-refractivity contribution is -0.232. The van der Waals surface area contributed by atoms with Crippen molar-refractivity contribution in [2.45, 2.75) is 102 Å². The van der Waals surface area contributed by atoms with Gasteiger partial charge in [0.25, 0.3) is 0 Å². The SMILES string of the molecule is COC1CCC2(CC1)Cc1ccc(-c3cccc(C)c3)cc1C21N=C(N)N(C)O1.COC1CCC2(CC1)Cc1ccc(Br)cc1C21N=C(N)N(C)O1.Cc1cccc(B(O)O)c1. The molecule has 4 aliphatic carbocycles. The molecule has 12 nitrogen and oxygen atoms in total. The maximum Gasteiger partial charge on any atom is 0.488 e. The maximum atomic E-state index is 8.70. The molecule has 328 valence electrons. The van der Waals surface area contributed by atoms with Gasteiger partial charge in [0.2, 0.25) is 23.4 Å². The Morgan fingerprint density at radius 2 is 1.13 bits per heavy atom. The van der Waals surface area contributed by atoms with Gasteiger partial charge in [0.05, 0.1) is 12.2 Å². The Morgan fingerprint density at radius 3 is 1.56 bits per heavy atom. The molecule has 0 aromatic heterocycles. The lowest BCUT2D eigenvalue weighted by Crippen LogP contribution is -2.46. The summed E-state index contributed by atoms with van der Waals surface area (Å²) in [7, 11) is 5.95. The molecule has 14 heteroatoms. The van der Waals surface area contributed by atoms with E-state index in [-0.39, 0.29) is 10.8 Å². The molecule has 4 aromatic carbocycles. The average Bonchev–Trinajstić information content (AvgIpc) is 3.91. The number of aliphatic imine (C=N–C) groups is 2. The Hall–Kier alpha value is -4.28. The van der Waals surface area contributed by atoms with Crippen LogP contribution in [0.5, 0.6) is 0 Å². The van der Waals surface area contributed by atoms with Crippen molar-refractivity contribution in [3.05, 3.63) is 123 Å². The number of fused-ring (bicyclic) bond motifs is 6. The van der Waals surface area contributed by atoms with E-state index in [4.69, 9.17) is 50.6 Å². The zero-order valence-electron chi connectivity index (χ0n) is 36.7. The van der Waals surface area contributed by atoms with Gasteiger partial charge in [-0.1, -0.05) is 93.8 Å². The minimum Gasteiger partial charge on any atom is -0.423 e. The second-order valence-electron chi connectivity index (χ2n) is 18.0. The fourth-order valence-electron chi connectivity index (χ4n) is 10.9. The van der Waals surface area contributed by atoms with Crippen LogP contribution in [0, 0.1) is 24.7 Å². The Morgan fingerprint density at radius 1 is 0.661 bits per heavy atom. The number of guanidine groups is 2. The number of rotatable bonds is 4. The highest BCUT2D eigenvalue weighted by molar-refractivity contribution is 9.10. The molecule has 2 atom stereocenters. The van der Waals surface area contributed by atoms with Gasteiger partial charge in [-0.3, -0.25) is 0 Å². The average molecular weight is 908 g/mol. The molecule has 2 saturated carbocycles. The van der Waals surface area contributed by atoms with Gasteiger partial charge < -0.3 is 31.0 Å². The molecule has 6 N–H and O–H groups in total. The minimum absolute atomic E-state index is 0.0411. The first-order chi connectivity index (χ1) is 29.7. The molecule has 0 radical (unpaired) electrons. The number of hydrogen-bond acceptors (Lipinski definition) is 12. The highest BCUT2D eigenvalue weighted by atomic mass is 79.9. The number of aryl methyl sites for hydroxylation is 2. The van der Waals surface area contributed by atoms with Crippen molar-refractivity contribution in [3.63, 3.8) is 0 Å². The largest absolute Gasteiger partial charge is 0.488 e. The first-order valence-corrected chi connectivity index (χ1v) is 22.5. The fourth-order valence-corrected chi connectivity index (χ4v) is 11.2. The van der Waals surface area contributed by atoms with Gasteiger partial charge in [0, 0.05) is 54.7 Å². The number of halogens is 1. The summed E-state index contributed by atoms with van der Waals surface area (Å²) in [5.41, 5.74) is 21.0. The summed E-state index contributed by atoms with van der Waals surface area (Å²) in [4.78, 5) is 22.6. The molecule has 2 unspecified atom stereocenters. The summed E-state index contributed by atoms with van der Waals surface area (Å²) >= 11 is 3.59. The minimum atomic E-state index is -1.35. The van der Waals surface area contributed by atoms with Crippen LogP contribution in [0.1, 0.15) is 84.7 Å². The lowest BCUT2D eigenvalue weighted by atomic mass is 9.66. The molecular formula is C48H60BBrN6O6. The second kappa shape index (κ2) is 17.4. The quantitative estimate of drug-likeness (QED) is 0.162. The Balaban J connectivity index is 0.000000143. The molecule has 10 rings (SSSR count). The molecule has 2 aliphatic heterocycles. The summed E-state index contributed by atoms with van der Waals surface area (Å²) < 4.78 is 12.3. The van der Waals surface area contributed by atoms with E-state index in [1.54, 1.807) is 35.4 Å². The van der Waals surface area contributed by atoms with Gasteiger partial charge in [-0.25, -0.2) is 29.8 Å². The van der Waals surface area contributed by atoms with E-state index in [1.165, 1.54) is 33.4 Å². The van der Waals surface area contributed by atoms with E-state index in [9.17, 15) is 0 Å². The number of hydroxylamine groups is 4. The van der Waals surface area contributed by atoms with Crippen molar-refractivity contribution in [1.82, 2.24) is 10.1 Å². The van der Waals surface area contributed by atoms with Crippen LogP contribution in [0.4, 0.5) is 0 Å². The van der Waals surface area contributed by atoms with Crippen molar-refractivity contribution < 1.29 is 29.2 Å². The number of nitrogens with two attached hydrogens (primary N) is 2. The van der Waals surface area contributed by atoms with Crippen LogP contribution >= 0.6 is 15.9 Å². The molecule has 62 heavy (non-hydrogen) atoms. The maximum absolute atomic E-state index is 8.70. The number of benzene rings is 4. The summed E-state index contributed by atoms with van der Waals surface area (Å²) in [6, 6.07) is 28.9. The molecule has 2 fully saturated rings. The van der Waals surface area contributed by atoms with Crippen molar-refractivity contribution in [2.75, 3.05) is 28.3 Å². The Labute approximate surface area is 374 Å². The predicted molar refractivity (Wildman–Crippen MR) is 247 cm³/mol. The Bertz CT molecular complexity index is 2350. The Kier molecular flexibility index (Phi) is 12.4. The summed E-state index contributed by atoms with van der Waals surface area (Å²) in [5, 5.41) is 20.7. The number of hydrogen-bond donors (Lipinski definition) is 4. The van der Waals surface area contributed by atoms with Crippen LogP contribution in [-0.2, 0) is 43.4 Å².